The van der Waals surface area contributed by atoms with Crippen LogP contribution in [0.3, 0.4) is 0 Å². The Balaban J connectivity index is 4.51. The van der Waals surface area contributed by atoms with Crippen LogP contribution in [-0.4, -0.2) is 87.4 Å². The van der Waals surface area contributed by atoms with E-state index >= 15 is 0 Å². The molecule has 0 aliphatic rings. The van der Waals surface area contributed by atoms with E-state index in [9.17, 15) is 19.5 Å². The van der Waals surface area contributed by atoms with Gasteiger partial charge >= 0.3 is 17.9 Å². The van der Waals surface area contributed by atoms with E-state index in [1.807, 2.05) is 21.1 Å². The number of ether oxygens (including phenoxy) is 4. The van der Waals surface area contributed by atoms with Crippen LogP contribution < -0.4 is 0 Å². The Bertz CT molecular complexity index is 1710. The maximum atomic E-state index is 12.8. The Morgan fingerprint density at radius 1 is 0.423 bits per heavy atom. The molecule has 2 unspecified atom stereocenters. The molecular weight excluding hydrogens is 887 g/mol. The molecule has 0 aliphatic carbocycles. The van der Waals surface area contributed by atoms with Gasteiger partial charge < -0.3 is 28.5 Å². The summed E-state index contributed by atoms with van der Waals surface area (Å²) in [4.78, 5) is 37.3. The number of carboxylic acids is 1. The second-order valence-corrected chi connectivity index (χ2v) is 18.1. The van der Waals surface area contributed by atoms with Crippen LogP contribution in [0.15, 0.2) is 158 Å². The molecule has 0 aromatic heterocycles. The largest absolute Gasteiger partial charge is 0.477 e. The fourth-order valence-electron chi connectivity index (χ4n) is 6.23. The Hall–Kier alpha value is -5.09. The van der Waals surface area contributed by atoms with Crippen LogP contribution in [0.2, 0.25) is 0 Å². The topological polar surface area (TPSA) is 108 Å². The van der Waals surface area contributed by atoms with E-state index in [0.717, 1.165) is 116 Å². The Kier molecular flexibility index (Phi) is 47.6. The molecule has 0 aromatic carbocycles. The van der Waals surface area contributed by atoms with Crippen molar-refractivity contribution in [3.63, 3.8) is 0 Å². The summed E-state index contributed by atoms with van der Waals surface area (Å²) >= 11 is 0. The number of unbranched alkanes of at least 4 members (excludes halogenated alkanes) is 5. The van der Waals surface area contributed by atoms with Crippen LogP contribution in [0.4, 0.5) is 0 Å². The summed E-state index contributed by atoms with van der Waals surface area (Å²) in [7, 11) is 5.92. The summed E-state index contributed by atoms with van der Waals surface area (Å²) in [6.45, 7) is 4.51. The zero-order valence-corrected chi connectivity index (χ0v) is 44.8. The number of hydrogen-bond acceptors (Lipinski definition) is 7. The predicted octanol–water partition coefficient (Wildman–Crippen LogP) is 15.4. The minimum absolute atomic E-state index is 0.163. The normalized spacial score (nSPS) is 14.1. The molecule has 0 aliphatic heterocycles. The van der Waals surface area contributed by atoms with E-state index in [1.165, 1.54) is 0 Å². The standard InChI is InChI=1S/C62H95NO8/c1-6-8-10-12-14-16-18-20-22-24-26-27-28-29-30-31-32-33-35-37-39-41-43-45-47-49-51-53-60(65)71-58(57-70-62(61(66)67)68-55-54-63(3,4)5)56-69-59(64)52-50-48-46-44-42-40-38-36-34-25-23-21-19-17-15-13-11-9-7-2/h8-11,14-17,20-23,26-27,29-30,32-34,36-37,39-40,42-43,45,58,62H,6-7,12-13,18-19,24-25,28,31,35,38,41,44,46-57H2,1-5H3/p+1/b10-8-,11-9-,16-14-,17-15-,22-20-,23-21-,27-26-,30-29-,33-32-,36-34-,39-37-,42-40-,45-43-. The molecule has 0 radical (unpaired) electrons. The molecule has 2 atom stereocenters. The van der Waals surface area contributed by atoms with E-state index in [0.29, 0.717) is 23.9 Å². The van der Waals surface area contributed by atoms with Crippen LogP contribution in [0.5, 0.6) is 0 Å². The third kappa shape index (κ3) is 52.6. The van der Waals surface area contributed by atoms with Crippen molar-refractivity contribution in [2.45, 2.75) is 167 Å². The van der Waals surface area contributed by atoms with Crippen molar-refractivity contribution in [3.8, 4) is 0 Å². The van der Waals surface area contributed by atoms with Gasteiger partial charge in [-0.25, -0.2) is 4.79 Å². The van der Waals surface area contributed by atoms with Crippen molar-refractivity contribution in [2.24, 2.45) is 0 Å². The predicted molar refractivity (Wildman–Crippen MR) is 299 cm³/mol. The molecule has 0 spiro atoms. The van der Waals surface area contributed by atoms with Crippen LogP contribution >= 0.6 is 0 Å². The van der Waals surface area contributed by atoms with E-state index < -0.39 is 30.3 Å². The molecule has 0 saturated heterocycles. The fourth-order valence-corrected chi connectivity index (χ4v) is 6.23. The first kappa shape index (κ1) is 65.9. The van der Waals surface area contributed by atoms with Gasteiger partial charge in [0.2, 0.25) is 0 Å². The first-order chi connectivity index (χ1) is 34.6. The van der Waals surface area contributed by atoms with E-state index in [-0.39, 0.29) is 32.7 Å². The average Bonchev–Trinajstić information content (AvgIpc) is 3.34. The molecule has 0 bridgehead atoms. The van der Waals surface area contributed by atoms with Crippen LogP contribution in [0.25, 0.3) is 0 Å². The Morgan fingerprint density at radius 3 is 1.13 bits per heavy atom. The molecule has 396 valence electrons. The van der Waals surface area contributed by atoms with Crippen LogP contribution in [0.1, 0.15) is 155 Å². The quantitative estimate of drug-likeness (QED) is 0.0211. The average molecular weight is 983 g/mol. The van der Waals surface area contributed by atoms with Crippen molar-refractivity contribution in [1.29, 1.82) is 0 Å². The summed E-state index contributed by atoms with van der Waals surface area (Å²) in [5, 5.41) is 9.68. The SMILES string of the molecule is CC/C=C\C/C=C\C/C=C\C/C=C\C/C=C\C/C=C\C/C=C\C/C=C\CCCCC(=O)OC(COC(=O)CCCCC/C=C\C/C=C\C/C=C\C/C=C\C/C=C\CC)COC(OCC[N+](C)(C)C)C(=O)O. The molecule has 9 heteroatoms. The lowest BCUT2D eigenvalue weighted by Gasteiger charge is -2.25. The van der Waals surface area contributed by atoms with Gasteiger partial charge in [-0.1, -0.05) is 178 Å². The number of carbonyl (C=O) groups excluding carboxylic acids is 2. The molecule has 9 nitrogen and oxygen atoms in total. The zero-order valence-electron chi connectivity index (χ0n) is 44.8. The second-order valence-electron chi connectivity index (χ2n) is 18.1. The van der Waals surface area contributed by atoms with Crippen molar-refractivity contribution in [3.05, 3.63) is 158 Å². The lowest BCUT2D eigenvalue weighted by Crippen LogP contribution is -2.40. The summed E-state index contributed by atoms with van der Waals surface area (Å²) in [5.41, 5.74) is 0. The van der Waals surface area contributed by atoms with Gasteiger partial charge in [0.25, 0.3) is 6.29 Å². The number of allylic oxidation sites excluding steroid dienone is 26. The molecule has 0 saturated carbocycles. The van der Waals surface area contributed by atoms with E-state index in [4.69, 9.17) is 18.9 Å². The highest BCUT2D eigenvalue weighted by molar-refractivity contribution is 5.71. The number of rotatable bonds is 46. The maximum absolute atomic E-state index is 12.8. The number of esters is 2. The molecular formula is C62H96NO8+. The molecule has 0 rings (SSSR count). The lowest BCUT2D eigenvalue weighted by atomic mass is 10.1. The van der Waals surface area contributed by atoms with Gasteiger partial charge in [0.05, 0.1) is 34.4 Å². The fraction of sp³-hybridized carbons (Fsp3) is 0.532. The minimum Gasteiger partial charge on any atom is -0.477 e. The van der Waals surface area contributed by atoms with Gasteiger partial charge in [-0.3, -0.25) is 9.59 Å². The first-order valence-electron chi connectivity index (χ1n) is 26.6. The maximum Gasteiger partial charge on any atom is 0.361 e. The summed E-state index contributed by atoms with van der Waals surface area (Å²) in [6, 6.07) is 0. The van der Waals surface area contributed by atoms with Crippen LogP contribution in [-0.2, 0) is 33.3 Å². The highest BCUT2D eigenvalue weighted by Gasteiger charge is 2.25. The third-order valence-electron chi connectivity index (χ3n) is 10.3. The van der Waals surface area contributed by atoms with Crippen molar-refractivity contribution >= 4 is 17.9 Å². The van der Waals surface area contributed by atoms with Crippen LogP contribution in [0, 0.1) is 0 Å². The van der Waals surface area contributed by atoms with Gasteiger partial charge in [-0.15, -0.1) is 0 Å². The minimum atomic E-state index is -1.54. The zero-order chi connectivity index (χ0) is 52.0. The van der Waals surface area contributed by atoms with Gasteiger partial charge in [0.15, 0.2) is 6.10 Å². The van der Waals surface area contributed by atoms with E-state index in [1.54, 1.807) is 0 Å². The highest BCUT2D eigenvalue weighted by atomic mass is 16.7. The number of hydrogen-bond donors (Lipinski definition) is 1. The molecule has 1 N–H and O–H groups in total. The summed E-state index contributed by atoms with van der Waals surface area (Å²) in [6.07, 6.45) is 73.2. The monoisotopic (exact) mass is 983 g/mol. The smallest absolute Gasteiger partial charge is 0.361 e. The number of aliphatic carboxylic acids is 1. The molecule has 0 amide bonds. The number of quaternary nitrogens is 1. The number of likely N-dealkylation sites (N-methyl/N-ethyl adjacent to an activating group) is 1. The molecule has 71 heavy (non-hydrogen) atoms. The number of nitrogens with zero attached hydrogens (tertiary/aromatic N) is 1. The highest BCUT2D eigenvalue weighted by Crippen LogP contribution is 2.10. The van der Waals surface area contributed by atoms with Crippen molar-refractivity contribution in [1.82, 2.24) is 0 Å². The molecule has 0 heterocycles. The van der Waals surface area contributed by atoms with Gasteiger partial charge in [-0.05, 0) is 122 Å². The summed E-state index contributed by atoms with van der Waals surface area (Å²) in [5.74, 6) is -2.14. The second kappa shape index (κ2) is 51.3. The molecule has 0 aromatic rings. The van der Waals surface area contributed by atoms with E-state index in [2.05, 4.69) is 172 Å². The van der Waals surface area contributed by atoms with Gasteiger partial charge in [0, 0.05) is 12.8 Å². The lowest BCUT2D eigenvalue weighted by molar-refractivity contribution is -0.870. The third-order valence-corrected chi connectivity index (χ3v) is 10.3. The number of carbonyl (C=O) groups is 3. The number of carboxylic acid groups (broad SMARTS) is 1. The van der Waals surface area contributed by atoms with Gasteiger partial charge in [-0.2, -0.15) is 0 Å². The van der Waals surface area contributed by atoms with Gasteiger partial charge in [0.1, 0.15) is 13.2 Å². The Morgan fingerprint density at radius 2 is 0.761 bits per heavy atom. The van der Waals surface area contributed by atoms with Crippen molar-refractivity contribution in [2.75, 3.05) is 47.5 Å². The Labute approximate surface area is 432 Å². The molecule has 0 fully saturated rings. The van der Waals surface area contributed by atoms with Crippen molar-refractivity contribution < 1.29 is 42.9 Å². The first-order valence-corrected chi connectivity index (χ1v) is 26.6. The summed E-state index contributed by atoms with van der Waals surface area (Å²) < 4.78 is 22.7.